The summed E-state index contributed by atoms with van der Waals surface area (Å²) < 4.78 is 0. The molecule has 5 nitrogen and oxygen atoms in total. The summed E-state index contributed by atoms with van der Waals surface area (Å²) in [5.74, 6) is 0. The molecule has 2 N–H and O–H groups in total. The molecule has 4 aromatic rings. The second-order valence-corrected chi connectivity index (χ2v) is 7.03. The first-order valence-corrected chi connectivity index (χ1v) is 9.58. The third kappa shape index (κ3) is 3.85. The molecule has 136 valence electrons. The first-order valence-electron chi connectivity index (χ1n) is 8.70. The van der Waals surface area contributed by atoms with Crippen LogP contribution in [-0.4, -0.2) is 11.0 Å². The molecule has 2 amide bonds. The highest BCUT2D eigenvalue weighted by atomic mass is 32.1. The lowest BCUT2D eigenvalue weighted by Gasteiger charge is -2.08. The van der Waals surface area contributed by atoms with Crippen molar-refractivity contribution < 1.29 is 4.79 Å². The van der Waals surface area contributed by atoms with Gasteiger partial charge in [-0.05, 0) is 28.5 Å². The Bertz CT molecular complexity index is 1170. The quantitative estimate of drug-likeness (QED) is 0.510. The van der Waals surface area contributed by atoms with Crippen molar-refractivity contribution >= 4 is 33.3 Å². The molecular formula is C22H16N4OS. The Morgan fingerprint density at radius 2 is 1.82 bits per heavy atom. The summed E-state index contributed by atoms with van der Waals surface area (Å²) in [4.78, 5) is 16.7. The van der Waals surface area contributed by atoms with Gasteiger partial charge in [0, 0.05) is 17.5 Å². The molecule has 0 aliphatic carbocycles. The van der Waals surface area contributed by atoms with E-state index in [1.54, 1.807) is 12.1 Å². The molecule has 0 radical (unpaired) electrons. The first-order chi connectivity index (χ1) is 13.7. The third-order valence-corrected chi connectivity index (χ3v) is 5.11. The van der Waals surface area contributed by atoms with Gasteiger partial charge in [-0.15, -0.1) is 11.3 Å². The smallest absolute Gasteiger partial charge is 0.321 e. The number of carbonyl (C=O) groups excluding carboxylic acids is 1. The topological polar surface area (TPSA) is 77.8 Å². The van der Waals surface area contributed by atoms with E-state index in [1.165, 1.54) is 11.3 Å². The lowest BCUT2D eigenvalue weighted by Crippen LogP contribution is -2.28. The van der Waals surface area contributed by atoms with E-state index in [9.17, 15) is 4.79 Å². The summed E-state index contributed by atoms with van der Waals surface area (Å²) in [6, 6.07) is 23.1. The van der Waals surface area contributed by atoms with Crippen molar-refractivity contribution in [1.82, 2.24) is 10.3 Å². The highest BCUT2D eigenvalue weighted by Gasteiger charge is 2.09. The normalized spacial score (nSPS) is 10.4. The molecule has 0 atom stereocenters. The maximum Gasteiger partial charge on any atom is 0.321 e. The van der Waals surface area contributed by atoms with E-state index in [2.05, 4.69) is 39.9 Å². The first kappa shape index (κ1) is 17.7. The second kappa shape index (κ2) is 7.91. The largest absolute Gasteiger partial charge is 0.334 e. The Morgan fingerprint density at radius 1 is 1.04 bits per heavy atom. The average Bonchev–Trinajstić information content (AvgIpc) is 3.20. The SMILES string of the molecule is N#Cc1ccc(-c2csc(NC(=O)NCc3cccc4ccccc34)n2)cc1. The fourth-order valence-corrected chi connectivity index (χ4v) is 3.66. The molecule has 3 aromatic carbocycles. The van der Waals surface area contributed by atoms with Crippen LogP contribution >= 0.6 is 11.3 Å². The van der Waals surface area contributed by atoms with Crippen LogP contribution in [0.3, 0.4) is 0 Å². The van der Waals surface area contributed by atoms with Gasteiger partial charge >= 0.3 is 6.03 Å². The summed E-state index contributed by atoms with van der Waals surface area (Å²) in [7, 11) is 0. The molecule has 28 heavy (non-hydrogen) atoms. The number of benzene rings is 3. The van der Waals surface area contributed by atoms with Crippen LogP contribution in [0.5, 0.6) is 0 Å². The van der Waals surface area contributed by atoms with Crippen molar-refractivity contribution in [2.45, 2.75) is 6.54 Å². The van der Waals surface area contributed by atoms with Crippen molar-refractivity contribution in [3.8, 4) is 17.3 Å². The maximum absolute atomic E-state index is 12.3. The molecule has 0 unspecified atom stereocenters. The number of aromatic nitrogens is 1. The molecule has 0 aliphatic heterocycles. The minimum Gasteiger partial charge on any atom is -0.334 e. The van der Waals surface area contributed by atoms with Gasteiger partial charge in [0.1, 0.15) is 0 Å². The minimum absolute atomic E-state index is 0.298. The number of urea groups is 1. The van der Waals surface area contributed by atoms with Gasteiger partial charge < -0.3 is 5.32 Å². The number of thiazole rings is 1. The number of nitrogens with zero attached hydrogens (tertiary/aromatic N) is 2. The van der Waals surface area contributed by atoms with Crippen LogP contribution in [0.25, 0.3) is 22.0 Å². The number of hydrogen-bond acceptors (Lipinski definition) is 4. The van der Waals surface area contributed by atoms with Crippen LogP contribution in [0.1, 0.15) is 11.1 Å². The molecule has 0 aliphatic rings. The van der Waals surface area contributed by atoms with E-state index < -0.39 is 0 Å². The monoisotopic (exact) mass is 384 g/mol. The highest BCUT2D eigenvalue weighted by molar-refractivity contribution is 7.14. The Balaban J connectivity index is 1.40. The Labute approximate surface area is 166 Å². The van der Waals surface area contributed by atoms with Gasteiger partial charge in [0.2, 0.25) is 0 Å². The van der Waals surface area contributed by atoms with Crippen molar-refractivity contribution in [2.24, 2.45) is 0 Å². The van der Waals surface area contributed by atoms with E-state index in [-0.39, 0.29) is 6.03 Å². The Kier molecular flexibility index (Phi) is 5.00. The number of anilines is 1. The number of rotatable bonds is 4. The summed E-state index contributed by atoms with van der Waals surface area (Å²) >= 11 is 1.36. The number of hydrogen-bond donors (Lipinski definition) is 2. The molecule has 0 saturated heterocycles. The number of nitriles is 1. The lowest BCUT2D eigenvalue weighted by molar-refractivity contribution is 0.252. The molecule has 0 fully saturated rings. The zero-order chi connectivity index (χ0) is 19.3. The number of nitrogens with one attached hydrogen (secondary N) is 2. The molecule has 4 rings (SSSR count). The van der Waals surface area contributed by atoms with Gasteiger partial charge in [-0.1, -0.05) is 54.6 Å². The van der Waals surface area contributed by atoms with E-state index in [4.69, 9.17) is 5.26 Å². The van der Waals surface area contributed by atoms with Gasteiger partial charge in [0.25, 0.3) is 0 Å². The van der Waals surface area contributed by atoms with Crippen LogP contribution in [0, 0.1) is 11.3 Å². The van der Waals surface area contributed by atoms with Crippen LogP contribution in [0.4, 0.5) is 9.93 Å². The average molecular weight is 384 g/mol. The number of amides is 2. The third-order valence-electron chi connectivity index (χ3n) is 4.35. The van der Waals surface area contributed by atoms with E-state index in [0.29, 0.717) is 17.2 Å². The molecular weight excluding hydrogens is 368 g/mol. The van der Waals surface area contributed by atoms with E-state index >= 15 is 0 Å². The summed E-state index contributed by atoms with van der Waals surface area (Å²) in [6.07, 6.45) is 0. The number of carbonyl (C=O) groups is 1. The molecule has 0 spiro atoms. The lowest BCUT2D eigenvalue weighted by atomic mass is 10.0. The standard InChI is InChI=1S/C22H16N4OS/c23-12-15-8-10-17(11-9-15)20-14-28-22(25-20)26-21(27)24-13-18-6-3-5-16-4-1-2-7-19(16)18/h1-11,14H,13H2,(H2,24,25,26,27). The van der Waals surface area contributed by atoms with Gasteiger partial charge in [-0.25, -0.2) is 9.78 Å². The van der Waals surface area contributed by atoms with Gasteiger partial charge in [0.15, 0.2) is 5.13 Å². The molecule has 1 heterocycles. The fourth-order valence-electron chi connectivity index (χ4n) is 2.94. The van der Waals surface area contributed by atoms with Crippen LogP contribution in [0.15, 0.2) is 72.1 Å². The van der Waals surface area contributed by atoms with E-state index in [1.807, 2.05) is 41.8 Å². The predicted octanol–water partition coefficient (Wildman–Crippen LogP) is 5.16. The predicted molar refractivity (Wildman–Crippen MR) is 112 cm³/mol. The Hall–Kier alpha value is -3.69. The summed E-state index contributed by atoms with van der Waals surface area (Å²) in [5.41, 5.74) is 3.33. The minimum atomic E-state index is -0.298. The maximum atomic E-state index is 12.3. The second-order valence-electron chi connectivity index (χ2n) is 6.17. The van der Waals surface area contributed by atoms with Crippen molar-refractivity contribution in [2.75, 3.05) is 5.32 Å². The molecule has 1 aromatic heterocycles. The van der Waals surface area contributed by atoms with Gasteiger partial charge in [-0.3, -0.25) is 5.32 Å². The fraction of sp³-hybridized carbons (Fsp3) is 0.0455. The van der Waals surface area contributed by atoms with Crippen LogP contribution in [0.2, 0.25) is 0 Å². The summed E-state index contributed by atoms with van der Waals surface area (Å²) in [6.45, 7) is 0.432. The van der Waals surface area contributed by atoms with Gasteiger partial charge in [0.05, 0.1) is 17.3 Å². The highest BCUT2D eigenvalue weighted by Crippen LogP contribution is 2.25. The molecule has 6 heteroatoms. The van der Waals surface area contributed by atoms with Crippen molar-refractivity contribution in [3.63, 3.8) is 0 Å². The van der Waals surface area contributed by atoms with Crippen molar-refractivity contribution in [1.29, 1.82) is 5.26 Å². The Morgan fingerprint density at radius 3 is 2.64 bits per heavy atom. The van der Waals surface area contributed by atoms with Crippen LogP contribution < -0.4 is 10.6 Å². The zero-order valence-corrected chi connectivity index (χ0v) is 15.7. The molecule has 0 bridgehead atoms. The number of fused-ring (bicyclic) bond motifs is 1. The van der Waals surface area contributed by atoms with E-state index in [0.717, 1.165) is 27.6 Å². The van der Waals surface area contributed by atoms with Crippen LogP contribution in [-0.2, 0) is 6.54 Å². The molecule has 0 saturated carbocycles. The van der Waals surface area contributed by atoms with Gasteiger partial charge in [-0.2, -0.15) is 5.26 Å². The zero-order valence-electron chi connectivity index (χ0n) is 14.8. The van der Waals surface area contributed by atoms with Crippen molar-refractivity contribution in [3.05, 3.63) is 83.2 Å². The summed E-state index contributed by atoms with van der Waals surface area (Å²) in [5, 5.41) is 19.2.